The van der Waals surface area contributed by atoms with Crippen molar-refractivity contribution in [2.45, 2.75) is 26.8 Å². The van der Waals surface area contributed by atoms with Gasteiger partial charge >= 0.3 is 6.18 Å². The molecule has 1 saturated heterocycles. The molecule has 14 heteroatoms. The third kappa shape index (κ3) is 4.59. The molecule has 1 aliphatic heterocycles. The molecule has 0 aromatic heterocycles. The largest absolute Gasteiger partial charge is 0.417 e. The predicted molar refractivity (Wildman–Crippen MR) is 109 cm³/mol. The molecule has 0 aliphatic carbocycles. The third-order valence-electron chi connectivity index (χ3n) is 5.24. The number of halogens is 4. The van der Waals surface area contributed by atoms with E-state index in [0.717, 1.165) is 18.2 Å². The highest BCUT2D eigenvalue weighted by Crippen LogP contribution is 2.40. The molecule has 2 aromatic carbocycles. The number of sulfone groups is 1. The van der Waals surface area contributed by atoms with Gasteiger partial charge < -0.3 is 10.2 Å². The first-order valence-electron chi connectivity index (χ1n) is 9.11. The number of nitrogens with zero attached hydrogens (tertiary/aromatic N) is 2. The molecule has 33 heavy (non-hydrogen) atoms. The van der Waals surface area contributed by atoms with Gasteiger partial charge in [0.25, 0.3) is 0 Å². The second-order valence-corrected chi connectivity index (χ2v) is 11.8. The summed E-state index contributed by atoms with van der Waals surface area (Å²) in [5.41, 5.74) is -3.91. The summed E-state index contributed by atoms with van der Waals surface area (Å²) in [6, 6.07) is 8.32. The zero-order valence-corrected chi connectivity index (χ0v) is 18.9. The van der Waals surface area contributed by atoms with E-state index in [2.05, 4.69) is 0 Å². The Morgan fingerprint density at radius 2 is 1.76 bits per heavy atom. The molecule has 1 fully saturated rings. The fraction of sp³-hybridized carbons (Fsp3) is 0.316. The zero-order valence-electron chi connectivity index (χ0n) is 16.5. The maximum Gasteiger partial charge on any atom is 0.417 e. The average molecular weight is 525 g/mol. The Labute approximate surface area is 192 Å². The molecule has 0 amide bonds. The van der Waals surface area contributed by atoms with Crippen molar-refractivity contribution >= 4 is 31.5 Å². The van der Waals surface area contributed by atoms with Crippen molar-refractivity contribution in [1.29, 1.82) is 5.26 Å². The molecular weight excluding hydrogens is 509 g/mol. The van der Waals surface area contributed by atoms with E-state index < -0.39 is 67.0 Å². The second-order valence-electron chi connectivity index (χ2n) is 7.37. The standard InChI is InChI=1S/C19H16ClF3N2O6S2/c20-13-3-6-16(15(7-13)19(21,22)23)33(30,31)25-9-17(18(27,10-25)11-26)32(28,29)14-4-1-12(8-24)2-5-14/h1-7,17,26-27H,9-11H2/t17-,18+/m0/s1. The summed E-state index contributed by atoms with van der Waals surface area (Å²) in [5, 5.41) is 27.1. The van der Waals surface area contributed by atoms with Crippen molar-refractivity contribution in [1.82, 2.24) is 4.31 Å². The zero-order chi connectivity index (χ0) is 24.8. The molecule has 178 valence electrons. The molecule has 0 unspecified atom stereocenters. The minimum atomic E-state index is -5.09. The van der Waals surface area contributed by atoms with E-state index in [9.17, 15) is 40.2 Å². The number of aliphatic hydroxyl groups excluding tert-OH is 1. The minimum Gasteiger partial charge on any atom is -0.393 e. The molecule has 0 radical (unpaired) electrons. The molecular formula is C19H16ClF3N2O6S2. The van der Waals surface area contributed by atoms with Gasteiger partial charge in [-0.3, -0.25) is 0 Å². The number of aliphatic hydroxyl groups is 2. The number of hydrogen-bond acceptors (Lipinski definition) is 7. The Morgan fingerprint density at radius 1 is 1.15 bits per heavy atom. The van der Waals surface area contributed by atoms with Crippen LogP contribution in [0.15, 0.2) is 52.3 Å². The lowest BCUT2D eigenvalue weighted by atomic mass is 10.1. The molecule has 2 aromatic rings. The summed E-state index contributed by atoms with van der Waals surface area (Å²) in [6.07, 6.45) is -5.09. The van der Waals surface area contributed by atoms with E-state index in [1.807, 2.05) is 0 Å². The van der Waals surface area contributed by atoms with Crippen LogP contribution in [-0.4, -0.2) is 61.9 Å². The Kier molecular flexibility index (Phi) is 6.57. The minimum absolute atomic E-state index is 0.143. The molecule has 0 bridgehead atoms. The quantitative estimate of drug-likeness (QED) is 0.608. The molecule has 1 heterocycles. The molecule has 0 saturated carbocycles. The van der Waals surface area contributed by atoms with Gasteiger partial charge in [0.1, 0.15) is 10.9 Å². The number of nitriles is 1. The average Bonchev–Trinajstić information content (AvgIpc) is 3.13. The van der Waals surface area contributed by atoms with Crippen LogP contribution in [0.3, 0.4) is 0 Å². The van der Waals surface area contributed by atoms with E-state index in [-0.39, 0.29) is 15.5 Å². The number of sulfonamides is 1. The van der Waals surface area contributed by atoms with Crippen molar-refractivity contribution in [2.24, 2.45) is 0 Å². The van der Waals surface area contributed by atoms with Crippen LogP contribution in [0.5, 0.6) is 0 Å². The fourth-order valence-electron chi connectivity index (χ4n) is 3.52. The van der Waals surface area contributed by atoms with Gasteiger partial charge in [-0.05, 0) is 42.5 Å². The molecule has 2 N–H and O–H groups in total. The van der Waals surface area contributed by atoms with E-state index in [1.165, 1.54) is 12.1 Å². The molecule has 3 rings (SSSR count). The lowest BCUT2D eigenvalue weighted by molar-refractivity contribution is -0.139. The molecule has 1 aliphatic rings. The Balaban J connectivity index is 2.07. The van der Waals surface area contributed by atoms with Gasteiger partial charge in [0.2, 0.25) is 10.0 Å². The Morgan fingerprint density at radius 3 is 2.27 bits per heavy atom. The summed E-state index contributed by atoms with van der Waals surface area (Å²) in [6.45, 7) is -3.06. The highest BCUT2D eigenvalue weighted by atomic mass is 35.5. The number of hydrogen-bond donors (Lipinski definition) is 2. The van der Waals surface area contributed by atoms with Crippen LogP contribution in [0.25, 0.3) is 0 Å². The predicted octanol–water partition coefficient (Wildman–Crippen LogP) is 1.80. The number of alkyl halides is 3. The van der Waals surface area contributed by atoms with E-state index >= 15 is 0 Å². The van der Waals surface area contributed by atoms with Gasteiger partial charge in [-0.15, -0.1) is 0 Å². The van der Waals surface area contributed by atoms with E-state index in [1.54, 1.807) is 6.07 Å². The van der Waals surface area contributed by atoms with Crippen molar-refractivity contribution in [3.63, 3.8) is 0 Å². The highest BCUT2D eigenvalue weighted by molar-refractivity contribution is 7.92. The molecule has 2 atom stereocenters. The van der Waals surface area contributed by atoms with Crippen molar-refractivity contribution in [3.05, 3.63) is 58.6 Å². The van der Waals surface area contributed by atoms with Crippen LogP contribution in [-0.2, 0) is 26.0 Å². The van der Waals surface area contributed by atoms with Gasteiger partial charge in [-0.2, -0.15) is 22.7 Å². The molecule has 0 spiro atoms. The normalized spacial score (nSPS) is 22.3. The van der Waals surface area contributed by atoms with Gasteiger partial charge in [-0.1, -0.05) is 11.6 Å². The number of rotatable bonds is 5. The summed E-state index contributed by atoms with van der Waals surface area (Å²) in [7, 11) is -9.43. The van der Waals surface area contributed by atoms with Gasteiger partial charge in [0, 0.05) is 18.1 Å². The van der Waals surface area contributed by atoms with E-state index in [4.69, 9.17) is 16.9 Å². The second kappa shape index (κ2) is 8.53. The first-order valence-corrected chi connectivity index (χ1v) is 12.5. The Bertz CT molecular complexity index is 1320. The number of benzene rings is 2. The maximum absolute atomic E-state index is 13.5. The van der Waals surface area contributed by atoms with Gasteiger partial charge in [0.05, 0.1) is 33.6 Å². The summed E-state index contributed by atoms with van der Waals surface area (Å²) < 4.78 is 93.1. The first-order chi connectivity index (χ1) is 15.2. The lowest BCUT2D eigenvalue weighted by Gasteiger charge is -2.26. The third-order valence-corrected chi connectivity index (χ3v) is 9.62. The van der Waals surface area contributed by atoms with Crippen LogP contribution in [0.4, 0.5) is 13.2 Å². The van der Waals surface area contributed by atoms with E-state index in [0.29, 0.717) is 16.4 Å². The van der Waals surface area contributed by atoms with Crippen molar-refractivity contribution in [2.75, 3.05) is 19.7 Å². The van der Waals surface area contributed by atoms with Crippen molar-refractivity contribution in [3.8, 4) is 6.07 Å². The summed E-state index contributed by atoms with van der Waals surface area (Å²) in [5.74, 6) is 0. The van der Waals surface area contributed by atoms with Crippen LogP contribution >= 0.6 is 11.6 Å². The first kappa shape index (κ1) is 25.4. The Hall–Kier alpha value is -2.21. The summed E-state index contributed by atoms with van der Waals surface area (Å²) >= 11 is 5.59. The fourth-order valence-corrected chi connectivity index (χ4v) is 7.44. The monoisotopic (exact) mass is 524 g/mol. The summed E-state index contributed by atoms with van der Waals surface area (Å²) in [4.78, 5) is -1.53. The van der Waals surface area contributed by atoms with Crippen LogP contribution in [0.1, 0.15) is 11.1 Å². The van der Waals surface area contributed by atoms with Crippen LogP contribution in [0, 0.1) is 11.3 Å². The van der Waals surface area contributed by atoms with Crippen molar-refractivity contribution < 1.29 is 40.2 Å². The molecule has 8 nitrogen and oxygen atoms in total. The SMILES string of the molecule is N#Cc1ccc(S(=O)(=O)[C@H]2CN(S(=O)(=O)c3ccc(Cl)cc3C(F)(F)F)C[C@@]2(O)CO)cc1. The van der Waals surface area contributed by atoms with Gasteiger partial charge in [-0.25, -0.2) is 16.8 Å². The number of β-amino-alcohol motifs (C(OH)–C–C–N with tert-alkyl or cyclic N) is 1. The van der Waals surface area contributed by atoms with Gasteiger partial charge in [0.15, 0.2) is 9.84 Å². The van der Waals surface area contributed by atoms with Crippen LogP contribution < -0.4 is 0 Å². The van der Waals surface area contributed by atoms with Crippen LogP contribution in [0.2, 0.25) is 5.02 Å². The smallest absolute Gasteiger partial charge is 0.393 e. The lowest BCUT2D eigenvalue weighted by Crippen LogP contribution is -2.49. The maximum atomic E-state index is 13.5. The topological polar surface area (TPSA) is 136 Å². The highest BCUT2D eigenvalue weighted by Gasteiger charge is 2.55.